The lowest BCUT2D eigenvalue weighted by atomic mass is 10.1. The second kappa shape index (κ2) is 8.13. The predicted octanol–water partition coefficient (Wildman–Crippen LogP) is 2.21. The third-order valence-corrected chi connectivity index (χ3v) is 2.58. The summed E-state index contributed by atoms with van der Waals surface area (Å²) in [6, 6.07) is 0. The van der Waals surface area contributed by atoms with Crippen molar-refractivity contribution in [1.29, 1.82) is 0 Å². The van der Waals surface area contributed by atoms with Gasteiger partial charge in [0, 0.05) is 19.3 Å². The van der Waals surface area contributed by atoms with E-state index in [9.17, 15) is 9.59 Å². The van der Waals surface area contributed by atoms with Gasteiger partial charge < -0.3 is 9.47 Å². The highest BCUT2D eigenvalue weighted by Crippen LogP contribution is 2.09. The zero-order valence-electron chi connectivity index (χ0n) is 9.70. The molecule has 4 heteroatoms. The molecule has 92 valence electrons. The molecule has 1 aliphatic heterocycles. The number of carbonyl (C=O) groups is 2. The number of ether oxygens (including phenoxy) is 2. The molecule has 0 aromatic carbocycles. The molecule has 0 spiro atoms. The maximum absolute atomic E-state index is 11.2. The maximum atomic E-state index is 11.2. The van der Waals surface area contributed by atoms with Crippen LogP contribution in [0.4, 0.5) is 0 Å². The molecule has 0 unspecified atom stereocenters. The molecule has 0 radical (unpaired) electrons. The summed E-state index contributed by atoms with van der Waals surface area (Å²) >= 11 is 0. The summed E-state index contributed by atoms with van der Waals surface area (Å²) in [5, 5.41) is 0. The molecule has 0 atom stereocenters. The predicted molar refractivity (Wildman–Crippen MR) is 58.9 cm³/mol. The van der Waals surface area contributed by atoms with E-state index in [-0.39, 0.29) is 11.9 Å². The fraction of sp³-hybridized carbons (Fsp3) is 0.833. The van der Waals surface area contributed by atoms with Crippen LogP contribution in [0.5, 0.6) is 0 Å². The average molecular weight is 228 g/mol. The van der Waals surface area contributed by atoms with Crippen molar-refractivity contribution in [3.05, 3.63) is 0 Å². The first kappa shape index (κ1) is 13.0. The van der Waals surface area contributed by atoms with Crippen LogP contribution in [-0.4, -0.2) is 25.2 Å². The van der Waals surface area contributed by atoms with E-state index in [1.54, 1.807) is 0 Å². The molecular weight excluding hydrogens is 208 g/mol. The Morgan fingerprint density at radius 1 is 0.625 bits per heavy atom. The van der Waals surface area contributed by atoms with Gasteiger partial charge in [0.1, 0.15) is 0 Å². The zero-order valence-corrected chi connectivity index (χ0v) is 9.70. The van der Waals surface area contributed by atoms with E-state index in [1.165, 1.54) is 0 Å². The lowest BCUT2D eigenvalue weighted by Crippen LogP contribution is -2.11. The molecular formula is C12H20O4. The Kier molecular flexibility index (Phi) is 6.61. The summed E-state index contributed by atoms with van der Waals surface area (Å²) in [6.45, 7) is 0.707. The highest BCUT2D eigenvalue weighted by molar-refractivity contribution is 5.69. The molecule has 0 aromatic heterocycles. The average Bonchev–Trinajstić information content (AvgIpc) is 2.26. The van der Waals surface area contributed by atoms with Crippen LogP contribution in [0.25, 0.3) is 0 Å². The molecule has 1 heterocycles. The second-order valence-corrected chi connectivity index (χ2v) is 4.06. The van der Waals surface area contributed by atoms with Crippen LogP contribution in [0.1, 0.15) is 51.4 Å². The lowest BCUT2D eigenvalue weighted by Gasteiger charge is -2.08. The number of hydrogen-bond donors (Lipinski definition) is 0. The summed E-state index contributed by atoms with van der Waals surface area (Å²) in [7, 11) is 0. The van der Waals surface area contributed by atoms with E-state index >= 15 is 0 Å². The minimum atomic E-state index is -0.136. The summed E-state index contributed by atoms with van der Waals surface area (Å²) in [6.07, 6.45) is 6.54. The molecule has 4 nitrogen and oxygen atoms in total. The second-order valence-electron chi connectivity index (χ2n) is 4.06. The maximum Gasteiger partial charge on any atom is 0.305 e. The Morgan fingerprint density at radius 3 is 1.56 bits per heavy atom. The number of rotatable bonds is 0. The van der Waals surface area contributed by atoms with Crippen molar-refractivity contribution in [2.45, 2.75) is 51.4 Å². The van der Waals surface area contributed by atoms with Gasteiger partial charge in [-0.3, -0.25) is 9.59 Å². The Bertz CT molecular complexity index is 203. The minimum absolute atomic E-state index is 0.136. The highest BCUT2D eigenvalue weighted by Gasteiger charge is 2.06. The highest BCUT2D eigenvalue weighted by atomic mass is 16.5. The first-order chi connectivity index (χ1) is 7.79. The van der Waals surface area contributed by atoms with E-state index in [0.717, 1.165) is 32.1 Å². The van der Waals surface area contributed by atoms with E-state index in [2.05, 4.69) is 0 Å². The molecule has 1 fully saturated rings. The van der Waals surface area contributed by atoms with Crippen LogP contribution in [0.15, 0.2) is 0 Å². The van der Waals surface area contributed by atoms with Crippen molar-refractivity contribution in [2.75, 3.05) is 13.2 Å². The van der Waals surface area contributed by atoms with Crippen LogP contribution in [-0.2, 0) is 19.1 Å². The van der Waals surface area contributed by atoms with Crippen molar-refractivity contribution in [3.63, 3.8) is 0 Å². The van der Waals surface area contributed by atoms with Gasteiger partial charge in [0.2, 0.25) is 0 Å². The van der Waals surface area contributed by atoms with E-state index < -0.39 is 0 Å². The fourth-order valence-corrected chi connectivity index (χ4v) is 1.64. The molecule has 1 rings (SSSR count). The van der Waals surface area contributed by atoms with Crippen LogP contribution >= 0.6 is 0 Å². The van der Waals surface area contributed by atoms with Crippen LogP contribution in [0, 0.1) is 0 Å². The number of carbonyl (C=O) groups excluding carboxylic acids is 2. The van der Waals surface area contributed by atoms with Gasteiger partial charge in [0.05, 0.1) is 13.2 Å². The van der Waals surface area contributed by atoms with Gasteiger partial charge in [-0.05, 0) is 12.8 Å². The molecule has 0 amide bonds. The van der Waals surface area contributed by atoms with E-state index in [0.29, 0.717) is 32.5 Å². The Hall–Kier alpha value is -1.06. The van der Waals surface area contributed by atoms with Crippen LogP contribution in [0.3, 0.4) is 0 Å². The molecule has 0 aliphatic carbocycles. The third kappa shape index (κ3) is 6.43. The fourth-order valence-electron chi connectivity index (χ4n) is 1.64. The smallest absolute Gasteiger partial charge is 0.305 e. The van der Waals surface area contributed by atoms with Gasteiger partial charge in [-0.15, -0.1) is 0 Å². The largest absolute Gasteiger partial charge is 0.466 e. The van der Waals surface area contributed by atoms with Gasteiger partial charge in [-0.1, -0.05) is 19.3 Å². The van der Waals surface area contributed by atoms with Crippen molar-refractivity contribution in [3.8, 4) is 0 Å². The summed E-state index contributed by atoms with van der Waals surface area (Å²) < 4.78 is 9.98. The molecule has 16 heavy (non-hydrogen) atoms. The van der Waals surface area contributed by atoms with Gasteiger partial charge in [0.25, 0.3) is 0 Å². The van der Waals surface area contributed by atoms with Crippen molar-refractivity contribution < 1.29 is 19.1 Å². The van der Waals surface area contributed by atoms with Crippen LogP contribution in [0.2, 0.25) is 0 Å². The summed E-state index contributed by atoms with van der Waals surface area (Å²) in [5.74, 6) is -0.272. The van der Waals surface area contributed by atoms with Gasteiger partial charge >= 0.3 is 11.9 Å². The first-order valence-electron chi connectivity index (χ1n) is 6.10. The third-order valence-electron chi connectivity index (χ3n) is 2.58. The van der Waals surface area contributed by atoms with Gasteiger partial charge in [-0.2, -0.15) is 0 Å². The van der Waals surface area contributed by atoms with Crippen molar-refractivity contribution in [2.24, 2.45) is 0 Å². The monoisotopic (exact) mass is 228 g/mol. The van der Waals surface area contributed by atoms with Crippen LogP contribution < -0.4 is 0 Å². The minimum Gasteiger partial charge on any atom is -0.466 e. The number of esters is 2. The molecule has 0 saturated carbocycles. The number of hydrogen-bond acceptors (Lipinski definition) is 4. The normalized spacial score (nSPS) is 21.8. The summed E-state index contributed by atoms with van der Waals surface area (Å²) in [5.41, 5.74) is 0. The standard InChI is InChI=1S/C12H20O4/c13-11-7-4-2-1-3-5-8-12(14)16-10-6-9-15-11/h1-10H2. The molecule has 1 aliphatic rings. The quantitative estimate of drug-likeness (QED) is 0.596. The molecule has 1 saturated heterocycles. The summed E-state index contributed by atoms with van der Waals surface area (Å²) in [4.78, 5) is 22.4. The molecule has 0 bridgehead atoms. The Balaban J connectivity index is 2.23. The van der Waals surface area contributed by atoms with Gasteiger partial charge in [-0.25, -0.2) is 0 Å². The number of cyclic esters (lactones) is 2. The SMILES string of the molecule is O=C1CCCCCCCC(=O)OCCCO1. The zero-order chi connectivity index (χ0) is 11.6. The lowest BCUT2D eigenvalue weighted by molar-refractivity contribution is -0.146. The van der Waals surface area contributed by atoms with E-state index in [1.807, 2.05) is 0 Å². The topological polar surface area (TPSA) is 52.6 Å². The van der Waals surface area contributed by atoms with Crippen molar-refractivity contribution in [1.82, 2.24) is 0 Å². The first-order valence-corrected chi connectivity index (χ1v) is 6.10. The van der Waals surface area contributed by atoms with Gasteiger partial charge in [0.15, 0.2) is 0 Å². The van der Waals surface area contributed by atoms with Crippen molar-refractivity contribution >= 4 is 11.9 Å². The Labute approximate surface area is 96.3 Å². The van der Waals surface area contributed by atoms with E-state index in [4.69, 9.17) is 9.47 Å². The molecule has 0 aromatic rings. The Morgan fingerprint density at radius 2 is 1.06 bits per heavy atom. The molecule has 0 N–H and O–H groups in total.